The van der Waals surface area contributed by atoms with Crippen molar-refractivity contribution in [2.45, 2.75) is 32.4 Å². The van der Waals surface area contributed by atoms with Gasteiger partial charge >= 0.3 is 0 Å². The first-order chi connectivity index (χ1) is 13.1. The molecule has 1 saturated heterocycles. The Morgan fingerprint density at radius 1 is 0.929 bits per heavy atom. The van der Waals surface area contributed by atoms with E-state index in [1.165, 1.54) is 54.5 Å². The minimum Gasteiger partial charge on any atom is -0.484 e. The van der Waals surface area contributed by atoms with Gasteiger partial charge in [-0.1, -0.05) is 53.9 Å². The molecule has 0 N–H and O–H groups in total. The number of likely N-dealkylation sites (tertiary alicyclic amines) is 1. The van der Waals surface area contributed by atoms with Gasteiger partial charge in [-0.05, 0) is 49.7 Å². The Morgan fingerprint density at radius 3 is 2.32 bits per heavy atom. The predicted molar refractivity (Wildman–Crippen MR) is 120 cm³/mol. The highest BCUT2D eigenvalue weighted by Gasteiger charge is 2.20. The van der Waals surface area contributed by atoms with Gasteiger partial charge in [0.2, 0.25) is 0 Å². The lowest BCUT2D eigenvalue weighted by Crippen LogP contribution is -2.29. The molecule has 0 bridgehead atoms. The third-order valence-electron chi connectivity index (χ3n) is 5.45. The smallest absolute Gasteiger partial charge is 0.157 e. The van der Waals surface area contributed by atoms with Crippen molar-refractivity contribution >= 4 is 46.5 Å². The molecule has 4 rings (SSSR count). The minimum atomic E-state index is 0. The zero-order chi connectivity index (χ0) is 18.8. The highest BCUT2D eigenvalue weighted by molar-refractivity contribution is 6.37. The normalized spacial score (nSPS) is 14.8. The molecular formula is C22H25Cl3N2O. The van der Waals surface area contributed by atoms with Crippen LogP contribution < -0.4 is 4.74 Å². The van der Waals surface area contributed by atoms with Crippen LogP contribution >= 0.6 is 35.6 Å². The highest BCUT2D eigenvalue weighted by Crippen LogP contribution is 2.34. The van der Waals surface area contributed by atoms with Crippen LogP contribution in [0, 0.1) is 0 Å². The summed E-state index contributed by atoms with van der Waals surface area (Å²) in [6, 6.07) is 14.0. The van der Waals surface area contributed by atoms with Gasteiger partial charge in [-0.2, -0.15) is 0 Å². The van der Waals surface area contributed by atoms with Crippen LogP contribution in [0.25, 0.3) is 10.9 Å². The lowest BCUT2D eigenvalue weighted by Gasteiger charge is -2.26. The maximum absolute atomic E-state index is 6.29. The summed E-state index contributed by atoms with van der Waals surface area (Å²) in [6.45, 7) is 3.73. The first-order valence-corrected chi connectivity index (χ1v) is 10.2. The number of fused-ring (bicyclic) bond motifs is 1. The molecule has 2 aromatic carbocycles. The fourth-order valence-electron chi connectivity index (χ4n) is 3.99. The van der Waals surface area contributed by atoms with Crippen molar-refractivity contribution in [3.8, 4) is 5.75 Å². The minimum absolute atomic E-state index is 0. The number of hydrogen-bond acceptors (Lipinski definition) is 2. The molecule has 3 nitrogen and oxygen atoms in total. The molecule has 1 aliphatic rings. The van der Waals surface area contributed by atoms with Crippen molar-refractivity contribution in [2.24, 2.45) is 7.05 Å². The van der Waals surface area contributed by atoms with Gasteiger partial charge in [0.1, 0.15) is 6.61 Å². The van der Waals surface area contributed by atoms with E-state index < -0.39 is 0 Å². The van der Waals surface area contributed by atoms with Gasteiger partial charge in [-0.3, -0.25) is 4.90 Å². The summed E-state index contributed by atoms with van der Waals surface area (Å²) >= 11 is 12.6. The molecule has 0 aliphatic carbocycles. The molecule has 0 atom stereocenters. The van der Waals surface area contributed by atoms with E-state index in [9.17, 15) is 0 Å². The van der Waals surface area contributed by atoms with E-state index in [2.05, 4.69) is 40.8 Å². The Hall–Kier alpha value is -1.39. The molecule has 0 amide bonds. The standard InChI is InChI=1S/C22H24Cl2N2O.ClH/c1-25-20-11-4-3-8-16(20)17(14-26-12-5-2-6-13-26)21(25)15-27-22-18(23)9-7-10-19(22)24;/h3-4,7-11H,2,5-6,12-15H2,1H3;1H. The second-order valence-corrected chi connectivity index (χ2v) is 7.99. The van der Waals surface area contributed by atoms with Gasteiger partial charge in [0.15, 0.2) is 5.75 Å². The molecule has 0 saturated carbocycles. The molecule has 6 heteroatoms. The van der Waals surface area contributed by atoms with Crippen LogP contribution in [0.15, 0.2) is 42.5 Å². The largest absolute Gasteiger partial charge is 0.484 e. The van der Waals surface area contributed by atoms with Crippen molar-refractivity contribution < 1.29 is 4.74 Å². The third-order valence-corrected chi connectivity index (χ3v) is 6.04. The Kier molecular flexibility index (Phi) is 7.16. The molecule has 3 aromatic rings. The maximum atomic E-state index is 6.29. The fraction of sp³-hybridized carbons (Fsp3) is 0.364. The number of hydrogen-bond donors (Lipinski definition) is 0. The lowest BCUT2D eigenvalue weighted by molar-refractivity contribution is 0.218. The zero-order valence-corrected chi connectivity index (χ0v) is 18.3. The van der Waals surface area contributed by atoms with E-state index in [0.29, 0.717) is 22.4 Å². The zero-order valence-electron chi connectivity index (χ0n) is 16.0. The second-order valence-electron chi connectivity index (χ2n) is 7.18. The van der Waals surface area contributed by atoms with Gasteiger partial charge < -0.3 is 9.30 Å². The molecule has 0 unspecified atom stereocenters. The van der Waals surface area contributed by atoms with Gasteiger partial charge in [-0.25, -0.2) is 0 Å². The molecule has 150 valence electrons. The van der Waals surface area contributed by atoms with Crippen LogP contribution in [-0.2, 0) is 20.2 Å². The van der Waals surface area contributed by atoms with Crippen LogP contribution in [-0.4, -0.2) is 22.6 Å². The van der Waals surface area contributed by atoms with Crippen molar-refractivity contribution in [1.82, 2.24) is 9.47 Å². The van der Waals surface area contributed by atoms with Crippen molar-refractivity contribution in [2.75, 3.05) is 13.1 Å². The fourth-order valence-corrected chi connectivity index (χ4v) is 4.49. The summed E-state index contributed by atoms with van der Waals surface area (Å²) in [5.74, 6) is 0.551. The molecule has 1 aliphatic heterocycles. The van der Waals surface area contributed by atoms with Crippen LogP contribution in [0.3, 0.4) is 0 Å². The SMILES string of the molecule is Cl.Cn1c(COc2c(Cl)cccc2Cl)c(CN2CCCCC2)c2ccccc21. The summed E-state index contributed by atoms with van der Waals surface area (Å²) < 4.78 is 8.33. The maximum Gasteiger partial charge on any atom is 0.157 e. The van der Waals surface area contributed by atoms with Crippen LogP contribution in [0.1, 0.15) is 30.5 Å². The molecule has 28 heavy (non-hydrogen) atoms. The number of piperidine rings is 1. The average molecular weight is 440 g/mol. The number of ether oxygens (including phenoxy) is 1. The van der Waals surface area contributed by atoms with Gasteiger partial charge in [0.25, 0.3) is 0 Å². The summed E-state index contributed by atoms with van der Waals surface area (Å²) in [5, 5.41) is 2.38. The monoisotopic (exact) mass is 438 g/mol. The highest BCUT2D eigenvalue weighted by atomic mass is 35.5. The predicted octanol–water partition coefficient (Wildman–Crippen LogP) is 6.47. The number of aromatic nitrogens is 1. The van der Waals surface area contributed by atoms with E-state index in [4.69, 9.17) is 27.9 Å². The number of para-hydroxylation sites is 2. The van der Waals surface area contributed by atoms with E-state index in [-0.39, 0.29) is 12.4 Å². The summed E-state index contributed by atoms with van der Waals surface area (Å²) in [7, 11) is 2.11. The Bertz CT molecular complexity index is 928. The van der Waals surface area contributed by atoms with Crippen LogP contribution in [0.4, 0.5) is 0 Å². The number of rotatable bonds is 5. The number of aryl methyl sites for hydroxylation is 1. The van der Waals surface area contributed by atoms with Gasteiger partial charge in [-0.15, -0.1) is 12.4 Å². The number of nitrogens with zero attached hydrogens (tertiary/aromatic N) is 2. The first kappa shape index (κ1) is 21.3. The summed E-state index contributed by atoms with van der Waals surface area (Å²) in [4.78, 5) is 2.55. The lowest BCUT2D eigenvalue weighted by atomic mass is 10.1. The number of halogens is 3. The van der Waals surface area contributed by atoms with E-state index in [1.54, 1.807) is 12.1 Å². The summed E-state index contributed by atoms with van der Waals surface area (Å²) in [5.41, 5.74) is 3.75. The molecule has 0 spiro atoms. The van der Waals surface area contributed by atoms with Crippen molar-refractivity contribution in [3.63, 3.8) is 0 Å². The Morgan fingerprint density at radius 2 is 1.61 bits per heavy atom. The topological polar surface area (TPSA) is 17.4 Å². The number of benzene rings is 2. The molecular weight excluding hydrogens is 415 g/mol. The van der Waals surface area contributed by atoms with E-state index >= 15 is 0 Å². The van der Waals surface area contributed by atoms with Crippen molar-refractivity contribution in [3.05, 3.63) is 63.8 Å². The first-order valence-electron chi connectivity index (χ1n) is 9.49. The van der Waals surface area contributed by atoms with E-state index in [1.807, 2.05) is 6.07 Å². The van der Waals surface area contributed by atoms with Gasteiger partial charge in [0.05, 0.1) is 15.7 Å². The van der Waals surface area contributed by atoms with Crippen molar-refractivity contribution in [1.29, 1.82) is 0 Å². The van der Waals surface area contributed by atoms with Crippen LogP contribution in [0.2, 0.25) is 10.0 Å². The molecule has 1 aromatic heterocycles. The molecule has 2 heterocycles. The molecule has 0 radical (unpaired) electrons. The Balaban J connectivity index is 0.00000225. The third kappa shape index (κ3) is 4.28. The summed E-state index contributed by atoms with van der Waals surface area (Å²) in [6.07, 6.45) is 3.91. The second kappa shape index (κ2) is 9.41. The Labute approximate surface area is 182 Å². The van der Waals surface area contributed by atoms with E-state index in [0.717, 1.165) is 6.54 Å². The molecule has 1 fully saturated rings. The van der Waals surface area contributed by atoms with Crippen LogP contribution in [0.5, 0.6) is 5.75 Å². The quantitative estimate of drug-likeness (QED) is 0.453. The average Bonchev–Trinajstić information content (AvgIpc) is 2.94. The van der Waals surface area contributed by atoms with Gasteiger partial charge in [0, 0.05) is 24.5 Å².